The fourth-order valence-corrected chi connectivity index (χ4v) is 2.12. The molecule has 1 rings (SSSR count). The Balaban J connectivity index is 2.75. The van der Waals surface area contributed by atoms with E-state index >= 15 is 0 Å². The minimum absolute atomic E-state index is 0.0377. The molecule has 3 nitrogen and oxygen atoms in total. The van der Waals surface area contributed by atoms with Crippen molar-refractivity contribution in [3.05, 3.63) is 35.9 Å². The Morgan fingerprint density at radius 3 is 2.39 bits per heavy atom. The molecular formula is C15H24N2O. The van der Waals surface area contributed by atoms with Crippen LogP contribution in [0.4, 0.5) is 0 Å². The van der Waals surface area contributed by atoms with Gasteiger partial charge in [0, 0.05) is 13.1 Å². The number of benzene rings is 1. The summed E-state index contributed by atoms with van der Waals surface area (Å²) in [6.07, 6.45) is 1.64. The Labute approximate surface area is 110 Å². The highest BCUT2D eigenvalue weighted by Gasteiger charge is 2.30. The number of carbonyl (C=O) groups is 1. The summed E-state index contributed by atoms with van der Waals surface area (Å²) < 4.78 is 0. The number of likely N-dealkylation sites (N-methyl/N-ethyl adjacent to an activating group) is 1. The molecule has 0 bridgehead atoms. The number of hydrogen-bond donors (Lipinski definition) is 1. The average molecular weight is 248 g/mol. The smallest absolute Gasteiger partial charge is 0.242 e. The minimum atomic E-state index is -0.750. The third-order valence-electron chi connectivity index (χ3n) is 3.14. The van der Waals surface area contributed by atoms with Crippen LogP contribution in [0, 0.1) is 0 Å². The zero-order chi connectivity index (χ0) is 13.6. The van der Waals surface area contributed by atoms with Gasteiger partial charge >= 0.3 is 0 Å². The van der Waals surface area contributed by atoms with Crippen molar-refractivity contribution >= 4 is 5.91 Å². The number of nitrogens with two attached hydrogens (primary N) is 1. The predicted octanol–water partition coefficient (Wildman–Crippen LogP) is 2.55. The molecule has 1 amide bonds. The highest BCUT2D eigenvalue weighted by molar-refractivity contribution is 5.85. The van der Waals surface area contributed by atoms with E-state index in [4.69, 9.17) is 5.73 Å². The van der Waals surface area contributed by atoms with E-state index in [-0.39, 0.29) is 5.91 Å². The monoisotopic (exact) mass is 248 g/mol. The summed E-state index contributed by atoms with van der Waals surface area (Å²) in [6.45, 7) is 7.18. The van der Waals surface area contributed by atoms with Crippen LogP contribution in [0.5, 0.6) is 0 Å². The van der Waals surface area contributed by atoms with E-state index in [1.165, 1.54) is 0 Å². The molecule has 0 saturated carbocycles. The van der Waals surface area contributed by atoms with E-state index < -0.39 is 5.54 Å². The Hall–Kier alpha value is -1.35. The first-order chi connectivity index (χ1) is 8.51. The van der Waals surface area contributed by atoms with Crippen molar-refractivity contribution in [2.75, 3.05) is 6.54 Å². The van der Waals surface area contributed by atoms with E-state index in [1.807, 2.05) is 56.0 Å². The quantitative estimate of drug-likeness (QED) is 0.841. The number of hydrogen-bond acceptors (Lipinski definition) is 2. The molecular weight excluding hydrogens is 224 g/mol. The first kappa shape index (κ1) is 14.7. The lowest BCUT2D eigenvalue weighted by atomic mass is 9.95. The molecule has 1 aromatic rings. The van der Waals surface area contributed by atoms with Gasteiger partial charge in [-0.25, -0.2) is 0 Å². The third-order valence-corrected chi connectivity index (χ3v) is 3.14. The van der Waals surface area contributed by atoms with E-state index in [0.717, 1.165) is 18.4 Å². The van der Waals surface area contributed by atoms with E-state index in [9.17, 15) is 4.79 Å². The normalized spacial score (nSPS) is 14.0. The molecule has 0 aliphatic heterocycles. The SMILES string of the molecule is CCCC(C)(N)C(=O)N(CC)Cc1ccccc1. The highest BCUT2D eigenvalue weighted by atomic mass is 16.2. The number of carbonyl (C=O) groups excluding carboxylic acids is 1. The van der Waals surface area contributed by atoms with Gasteiger partial charge in [-0.2, -0.15) is 0 Å². The van der Waals surface area contributed by atoms with Crippen LogP contribution in [-0.4, -0.2) is 22.9 Å². The molecule has 1 aromatic carbocycles. The van der Waals surface area contributed by atoms with Gasteiger partial charge < -0.3 is 10.6 Å². The minimum Gasteiger partial charge on any atom is -0.337 e. The summed E-state index contributed by atoms with van der Waals surface area (Å²) in [5.74, 6) is 0.0377. The van der Waals surface area contributed by atoms with Crippen LogP contribution >= 0.6 is 0 Å². The second-order valence-corrected chi connectivity index (χ2v) is 4.97. The maximum atomic E-state index is 12.4. The molecule has 0 radical (unpaired) electrons. The van der Waals surface area contributed by atoms with Gasteiger partial charge in [0.2, 0.25) is 5.91 Å². The summed E-state index contributed by atoms with van der Waals surface area (Å²) in [6, 6.07) is 10.0. The molecule has 0 fully saturated rings. The lowest BCUT2D eigenvalue weighted by Crippen LogP contribution is -2.52. The molecule has 0 spiro atoms. The van der Waals surface area contributed by atoms with E-state index in [0.29, 0.717) is 13.1 Å². The Kier molecular flexibility index (Phi) is 5.35. The van der Waals surface area contributed by atoms with Crippen LogP contribution in [-0.2, 0) is 11.3 Å². The summed E-state index contributed by atoms with van der Waals surface area (Å²) in [4.78, 5) is 14.2. The summed E-state index contributed by atoms with van der Waals surface area (Å²) in [7, 11) is 0. The van der Waals surface area contributed by atoms with Gasteiger partial charge in [-0.15, -0.1) is 0 Å². The zero-order valence-electron chi connectivity index (χ0n) is 11.6. The Bertz CT molecular complexity index is 373. The fraction of sp³-hybridized carbons (Fsp3) is 0.533. The van der Waals surface area contributed by atoms with Gasteiger partial charge in [0.05, 0.1) is 5.54 Å². The zero-order valence-corrected chi connectivity index (χ0v) is 11.6. The van der Waals surface area contributed by atoms with Crippen LogP contribution in [0.25, 0.3) is 0 Å². The molecule has 18 heavy (non-hydrogen) atoms. The van der Waals surface area contributed by atoms with Crippen molar-refractivity contribution in [3.63, 3.8) is 0 Å². The molecule has 1 unspecified atom stereocenters. The number of amides is 1. The summed E-state index contributed by atoms with van der Waals surface area (Å²) in [5, 5.41) is 0. The summed E-state index contributed by atoms with van der Waals surface area (Å²) >= 11 is 0. The van der Waals surface area contributed by atoms with Crippen LogP contribution in [0.3, 0.4) is 0 Å². The van der Waals surface area contributed by atoms with Crippen LogP contribution in [0.2, 0.25) is 0 Å². The molecule has 2 N–H and O–H groups in total. The fourth-order valence-electron chi connectivity index (χ4n) is 2.12. The van der Waals surface area contributed by atoms with Gasteiger partial charge in [0.25, 0.3) is 0 Å². The lowest BCUT2D eigenvalue weighted by Gasteiger charge is -2.31. The number of nitrogens with zero attached hydrogens (tertiary/aromatic N) is 1. The molecule has 1 atom stereocenters. The van der Waals surface area contributed by atoms with Crippen molar-refractivity contribution in [1.29, 1.82) is 0 Å². The van der Waals surface area contributed by atoms with Crippen LogP contribution in [0.1, 0.15) is 39.2 Å². The maximum absolute atomic E-state index is 12.4. The van der Waals surface area contributed by atoms with Gasteiger partial charge in [-0.05, 0) is 25.8 Å². The Morgan fingerprint density at radius 1 is 1.28 bits per heavy atom. The van der Waals surface area contributed by atoms with Crippen molar-refractivity contribution < 1.29 is 4.79 Å². The highest BCUT2D eigenvalue weighted by Crippen LogP contribution is 2.15. The molecule has 3 heteroatoms. The second-order valence-electron chi connectivity index (χ2n) is 4.97. The van der Waals surface area contributed by atoms with Gasteiger partial charge in [-0.1, -0.05) is 43.7 Å². The molecule has 0 aromatic heterocycles. The van der Waals surface area contributed by atoms with Gasteiger partial charge in [-0.3, -0.25) is 4.79 Å². The first-order valence-corrected chi connectivity index (χ1v) is 6.63. The second kappa shape index (κ2) is 6.55. The molecule has 0 aliphatic carbocycles. The standard InChI is InChI=1S/C15H24N2O/c1-4-11-15(3,16)14(18)17(5-2)12-13-9-7-6-8-10-13/h6-10H,4-5,11-12,16H2,1-3H3. The molecule has 0 saturated heterocycles. The van der Waals surface area contributed by atoms with Gasteiger partial charge in [0.1, 0.15) is 0 Å². The van der Waals surface area contributed by atoms with Crippen molar-refractivity contribution in [2.45, 2.75) is 45.7 Å². The maximum Gasteiger partial charge on any atom is 0.242 e. The third kappa shape index (κ3) is 3.84. The van der Waals surface area contributed by atoms with Crippen molar-refractivity contribution in [2.24, 2.45) is 5.73 Å². The van der Waals surface area contributed by atoms with Crippen LogP contribution in [0.15, 0.2) is 30.3 Å². The molecule has 100 valence electrons. The van der Waals surface area contributed by atoms with E-state index in [2.05, 4.69) is 0 Å². The van der Waals surface area contributed by atoms with E-state index in [1.54, 1.807) is 0 Å². The summed E-state index contributed by atoms with van der Waals surface area (Å²) in [5.41, 5.74) is 6.50. The molecule has 0 aliphatic rings. The largest absolute Gasteiger partial charge is 0.337 e. The Morgan fingerprint density at radius 2 is 1.89 bits per heavy atom. The van der Waals surface area contributed by atoms with Crippen molar-refractivity contribution in [3.8, 4) is 0 Å². The average Bonchev–Trinajstić information content (AvgIpc) is 2.36. The predicted molar refractivity (Wildman–Crippen MR) is 75.0 cm³/mol. The lowest BCUT2D eigenvalue weighted by molar-refractivity contribution is -0.137. The number of rotatable bonds is 6. The van der Waals surface area contributed by atoms with Crippen molar-refractivity contribution in [1.82, 2.24) is 4.90 Å². The topological polar surface area (TPSA) is 46.3 Å². The van der Waals surface area contributed by atoms with Crippen LogP contribution < -0.4 is 5.73 Å². The molecule has 0 heterocycles. The first-order valence-electron chi connectivity index (χ1n) is 6.63. The van der Waals surface area contributed by atoms with Gasteiger partial charge in [0.15, 0.2) is 0 Å².